The molecule has 1 atom stereocenters. The first-order valence-corrected chi connectivity index (χ1v) is 4.86. The predicted molar refractivity (Wildman–Crippen MR) is 52.4 cm³/mol. The number of esters is 1. The number of nitrogens with one attached hydrogen (secondary N) is 1. The van der Waals surface area contributed by atoms with E-state index in [4.69, 9.17) is 10.5 Å². The Bertz CT molecular complexity index is 140. The maximum atomic E-state index is 11.3. The Balaban J connectivity index is 3.83. The van der Waals surface area contributed by atoms with Gasteiger partial charge in [0.2, 0.25) is 0 Å². The summed E-state index contributed by atoms with van der Waals surface area (Å²) in [6, 6.07) is -0.187. The van der Waals surface area contributed by atoms with Crippen LogP contribution in [0.1, 0.15) is 26.7 Å². The molecule has 78 valence electrons. The summed E-state index contributed by atoms with van der Waals surface area (Å²) in [6.45, 7) is 5.48. The lowest BCUT2D eigenvalue weighted by atomic mass is 10.1. The van der Waals surface area contributed by atoms with Gasteiger partial charge in [0.25, 0.3) is 0 Å². The molecule has 0 amide bonds. The molecule has 0 fully saturated rings. The molecular formula is C9H20N2O2. The van der Waals surface area contributed by atoms with E-state index < -0.39 is 0 Å². The van der Waals surface area contributed by atoms with Crippen LogP contribution in [-0.4, -0.2) is 31.7 Å². The molecule has 4 nitrogen and oxygen atoms in total. The molecule has 0 aromatic carbocycles. The monoisotopic (exact) mass is 188 g/mol. The van der Waals surface area contributed by atoms with Crippen molar-refractivity contribution in [3.8, 4) is 0 Å². The standard InChI is InChI=1S/C9H20N2O2/c1-3-5-8(11-7-6-10)9(12)13-4-2/h8,11H,3-7,10H2,1-2H3. The van der Waals surface area contributed by atoms with Gasteiger partial charge in [0.05, 0.1) is 6.61 Å². The number of carbonyl (C=O) groups is 1. The summed E-state index contributed by atoms with van der Waals surface area (Å²) >= 11 is 0. The zero-order valence-corrected chi connectivity index (χ0v) is 8.51. The molecule has 4 heteroatoms. The van der Waals surface area contributed by atoms with Crippen molar-refractivity contribution >= 4 is 5.97 Å². The normalized spacial score (nSPS) is 12.5. The molecule has 0 aliphatic carbocycles. The van der Waals surface area contributed by atoms with Gasteiger partial charge in [0.15, 0.2) is 0 Å². The fraction of sp³-hybridized carbons (Fsp3) is 0.889. The topological polar surface area (TPSA) is 64.3 Å². The average molecular weight is 188 g/mol. The van der Waals surface area contributed by atoms with Crippen molar-refractivity contribution < 1.29 is 9.53 Å². The lowest BCUT2D eigenvalue weighted by molar-refractivity contribution is -0.145. The average Bonchev–Trinajstić information content (AvgIpc) is 2.12. The van der Waals surface area contributed by atoms with Crippen molar-refractivity contribution in [2.45, 2.75) is 32.7 Å². The molecule has 13 heavy (non-hydrogen) atoms. The van der Waals surface area contributed by atoms with Gasteiger partial charge in [-0.05, 0) is 13.3 Å². The lowest BCUT2D eigenvalue weighted by Gasteiger charge is -2.15. The van der Waals surface area contributed by atoms with E-state index in [0.717, 1.165) is 12.8 Å². The van der Waals surface area contributed by atoms with Crippen molar-refractivity contribution in [2.24, 2.45) is 5.73 Å². The van der Waals surface area contributed by atoms with Crippen LogP contribution < -0.4 is 11.1 Å². The van der Waals surface area contributed by atoms with Crippen LogP contribution in [0.15, 0.2) is 0 Å². The summed E-state index contributed by atoms with van der Waals surface area (Å²) in [5.41, 5.74) is 5.33. The van der Waals surface area contributed by atoms with E-state index in [-0.39, 0.29) is 12.0 Å². The first kappa shape index (κ1) is 12.4. The van der Waals surface area contributed by atoms with Crippen LogP contribution in [0.2, 0.25) is 0 Å². The molecule has 0 saturated carbocycles. The Morgan fingerprint density at radius 3 is 2.69 bits per heavy atom. The van der Waals surface area contributed by atoms with Gasteiger partial charge in [0, 0.05) is 13.1 Å². The minimum absolute atomic E-state index is 0.169. The van der Waals surface area contributed by atoms with Gasteiger partial charge < -0.3 is 15.8 Å². The van der Waals surface area contributed by atoms with Gasteiger partial charge >= 0.3 is 5.97 Å². The molecule has 0 rings (SSSR count). The van der Waals surface area contributed by atoms with Crippen LogP contribution in [0.4, 0.5) is 0 Å². The molecular weight excluding hydrogens is 168 g/mol. The van der Waals surface area contributed by atoms with Crippen molar-refractivity contribution in [1.29, 1.82) is 0 Å². The molecule has 0 heterocycles. The van der Waals surface area contributed by atoms with Crippen LogP contribution in [0.25, 0.3) is 0 Å². The summed E-state index contributed by atoms with van der Waals surface area (Å²) in [4.78, 5) is 11.3. The number of ether oxygens (including phenoxy) is 1. The number of nitrogens with two attached hydrogens (primary N) is 1. The molecule has 0 aliphatic rings. The molecule has 0 bridgehead atoms. The first-order valence-electron chi connectivity index (χ1n) is 4.86. The maximum Gasteiger partial charge on any atom is 0.323 e. The SMILES string of the molecule is CCCC(NCCN)C(=O)OCC. The van der Waals surface area contributed by atoms with E-state index in [2.05, 4.69) is 5.32 Å². The van der Waals surface area contributed by atoms with Crippen LogP contribution in [0, 0.1) is 0 Å². The quantitative estimate of drug-likeness (QED) is 0.563. The Labute approximate surface area is 79.8 Å². The second kappa shape index (κ2) is 8.01. The highest BCUT2D eigenvalue weighted by Crippen LogP contribution is 1.98. The molecule has 0 aromatic heterocycles. The summed E-state index contributed by atoms with van der Waals surface area (Å²) in [5.74, 6) is -0.169. The minimum Gasteiger partial charge on any atom is -0.465 e. The number of hydrogen-bond donors (Lipinski definition) is 2. The van der Waals surface area contributed by atoms with Gasteiger partial charge in [0.1, 0.15) is 6.04 Å². The Morgan fingerprint density at radius 2 is 2.23 bits per heavy atom. The molecule has 0 saturated heterocycles. The third-order valence-electron chi connectivity index (χ3n) is 1.68. The van der Waals surface area contributed by atoms with E-state index in [1.807, 2.05) is 13.8 Å². The zero-order chi connectivity index (χ0) is 10.1. The second-order valence-electron chi connectivity index (χ2n) is 2.84. The highest BCUT2D eigenvalue weighted by molar-refractivity contribution is 5.75. The van der Waals surface area contributed by atoms with Gasteiger partial charge in [-0.2, -0.15) is 0 Å². The molecule has 3 N–H and O–H groups in total. The third-order valence-corrected chi connectivity index (χ3v) is 1.68. The Hall–Kier alpha value is -0.610. The minimum atomic E-state index is -0.187. The van der Waals surface area contributed by atoms with Crippen LogP contribution in [0.5, 0.6) is 0 Å². The van der Waals surface area contributed by atoms with Crippen LogP contribution in [-0.2, 0) is 9.53 Å². The van der Waals surface area contributed by atoms with E-state index in [1.54, 1.807) is 0 Å². The summed E-state index contributed by atoms with van der Waals surface area (Å²) < 4.78 is 4.91. The fourth-order valence-corrected chi connectivity index (χ4v) is 1.09. The molecule has 0 aliphatic heterocycles. The van der Waals surface area contributed by atoms with Gasteiger partial charge in [-0.25, -0.2) is 0 Å². The molecule has 0 spiro atoms. The lowest BCUT2D eigenvalue weighted by Crippen LogP contribution is -2.40. The van der Waals surface area contributed by atoms with Crippen LogP contribution >= 0.6 is 0 Å². The smallest absolute Gasteiger partial charge is 0.323 e. The zero-order valence-electron chi connectivity index (χ0n) is 8.51. The van der Waals surface area contributed by atoms with Crippen molar-refractivity contribution in [3.63, 3.8) is 0 Å². The first-order chi connectivity index (χ1) is 6.26. The van der Waals surface area contributed by atoms with Crippen LogP contribution in [0.3, 0.4) is 0 Å². The summed E-state index contributed by atoms with van der Waals surface area (Å²) in [7, 11) is 0. The number of carbonyl (C=O) groups excluding carboxylic acids is 1. The van der Waals surface area contributed by atoms with E-state index in [1.165, 1.54) is 0 Å². The van der Waals surface area contributed by atoms with E-state index in [0.29, 0.717) is 19.7 Å². The molecule has 1 unspecified atom stereocenters. The molecule has 0 aromatic rings. The summed E-state index contributed by atoms with van der Waals surface area (Å²) in [6.07, 6.45) is 1.76. The Kier molecular flexibility index (Phi) is 7.63. The van der Waals surface area contributed by atoms with Crippen molar-refractivity contribution in [3.05, 3.63) is 0 Å². The molecule has 0 radical (unpaired) electrons. The largest absolute Gasteiger partial charge is 0.465 e. The maximum absolute atomic E-state index is 11.3. The van der Waals surface area contributed by atoms with E-state index >= 15 is 0 Å². The predicted octanol–water partition coefficient (Wildman–Crippen LogP) is 0.267. The number of hydrogen-bond acceptors (Lipinski definition) is 4. The highest BCUT2D eigenvalue weighted by Gasteiger charge is 2.16. The van der Waals surface area contributed by atoms with Gasteiger partial charge in [-0.15, -0.1) is 0 Å². The Morgan fingerprint density at radius 1 is 1.54 bits per heavy atom. The highest BCUT2D eigenvalue weighted by atomic mass is 16.5. The van der Waals surface area contributed by atoms with Gasteiger partial charge in [-0.1, -0.05) is 13.3 Å². The number of rotatable bonds is 7. The van der Waals surface area contributed by atoms with E-state index in [9.17, 15) is 4.79 Å². The second-order valence-corrected chi connectivity index (χ2v) is 2.84. The fourth-order valence-electron chi connectivity index (χ4n) is 1.09. The van der Waals surface area contributed by atoms with Gasteiger partial charge in [-0.3, -0.25) is 4.79 Å². The third kappa shape index (κ3) is 5.60. The van der Waals surface area contributed by atoms with Crippen molar-refractivity contribution in [1.82, 2.24) is 5.32 Å². The summed E-state index contributed by atoms with van der Waals surface area (Å²) in [5, 5.41) is 3.06. The van der Waals surface area contributed by atoms with Crippen molar-refractivity contribution in [2.75, 3.05) is 19.7 Å².